The summed E-state index contributed by atoms with van der Waals surface area (Å²) in [6.07, 6.45) is 0. The average Bonchev–Trinajstić information content (AvgIpc) is 2.82. The van der Waals surface area contributed by atoms with Gasteiger partial charge in [0.1, 0.15) is 11.5 Å². The van der Waals surface area contributed by atoms with Crippen molar-refractivity contribution in [2.24, 2.45) is 5.73 Å². The minimum atomic E-state index is -3.58. The first-order chi connectivity index (χ1) is 9.03. The lowest BCUT2D eigenvalue weighted by atomic mass is 10.2. The number of nitrogens with one attached hydrogen (secondary N) is 1. The number of hydrogen-bond donors (Lipinski definition) is 2. The molecule has 0 radical (unpaired) electrons. The van der Waals surface area contributed by atoms with Gasteiger partial charge in [-0.05, 0) is 30.7 Å². The molecular weight excluding hydrogens is 264 g/mol. The first-order valence-corrected chi connectivity index (χ1v) is 7.34. The molecule has 0 amide bonds. The zero-order chi connectivity index (χ0) is 13.9. The standard InChI is InChI=1S/C13H16N2O3S/c1-10-6-7-12(18-10)9-15-19(16,17)13-5-3-2-4-11(13)8-14/h2-7,15H,8-9,14H2,1H3. The third-order valence-electron chi connectivity index (χ3n) is 2.71. The van der Waals surface area contributed by atoms with Crippen LogP contribution in [-0.4, -0.2) is 8.42 Å². The van der Waals surface area contributed by atoms with Gasteiger partial charge < -0.3 is 10.2 Å². The van der Waals surface area contributed by atoms with E-state index in [1.54, 1.807) is 30.3 Å². The predicted molar refractivity (Wildman–Crippen MR) is 71.8 cm³/mol. The van der Waals surface area contributed by atoms with Crippen LogP contribution in [0.2, 0.25) is 0 Å². The van der Waals surface area contributed by atoms with Gasteiger partial charge in [-0.2, -0.15) is 0 Å². The number of aryl methyl sites for hydroxylation is 1. The van der Waals surface area contributed by atoms with Gasteiger partial charge in [-0.1, -0.05) is 18.2 Å². The van der Waals surface area contributed by atoms with E-state index in [9.17, 15) is 8.42 Å². The number of hydrogen-bond acceptors (Lipinski definition) is 4. The second kappa shape index (κ2) is 5.56. The van der Waals surface area contributed by atoms with Gasteiger partial charge in [-0.25, -0.2) is 13.1 Å². The van der Waals surface area contributed by atoms with Crippen LogP contribution in [0.25, 0.3) is 0 Å². The van der Waals surface area contributed by atoms with Crippen LogP contribution in [0.3, 0.4) is 0 Å². The van der Waals surface area contributed by atoms with Gasteiger partial charge in [0.25, 0.3) is 0 Å². The summed E-state index contributed by atoms with van der Waals surface area (Å²) in [5, 5.41) is 0. The molecule has 3 N–H and O–H groups in total. The number of rotatable bonds is 5. The molecule has 1 aromatic carbocycles. The maximum atomic E-state index is 12.2. The van der Waals surface area contributed by atoms with Crippen molar-refractivity contribution in [3.63, 3.8) is 0 Å². The Bertz CT molecular complexity index is 662. The van der Waals surface area contributed by atoms with E-state index in [1.165, 1.54) is 6.07 Å². The van der Waals surface area contributed by atoms with Crippen LogP contribution in [0.1, 0.15) is 17.1 Å². The zero-order valence-corrected chi connectivity index (χ0v) is 11.4. The normalized spacial score (nSPS) is 11.7. The van der Waals surface area contributed by atoms with Crippen LogP contribution in [0.5, 0.6) is 0 Å². The Balaban J connectivity index is 2.18. The van der Waals surface area contributed by atoms with Crippen LogP contribution < -0.4 is 10.5 Å². The van der Waals surface area contributed by atoms with Crippen LogP contribution >= 0.6 is 0 Å². The molecule has 2 aromatic rings. The first kappa shape index (κ1) is 13.8. The van der Waals surface area contributed by atoms with E-state index < -0.39 is 10.0 Å². The molecule has 5 nitrogen and oxygen atoms in total. The van der Waals surface area contributed by atoms with Crippen molar-refractivity contribution in [3.05, 3.63) is 53.5 Å². The van der Waals surface area contributed by atoms with Crippen molar-refractivity contribution < 1.29 is 12.8 Å². The van der Waals surface area contributed by atoms with Crippen molar-refractivity contribution in [1.29, 1.82) is 0 Å². The summed E-state index contributed by atoms with van der Waals surface area (Å²) in [6, 6.07) is 10.2. The van der Waals surface area contributed by atoms with Gasteiger partial charge in [0.05, 0.1) is 11.4 Å². The third kappa shape index (κ3) is 3.23. The molecular formula is C13H16N2O3S. The summed E-state index contributed by atoms with van der Waals surface area (Å²) in [5.41, 5.74) is 6.14. The molecule has 0 bridgehead atoms. The van der Waals surface area contributed by atoms with Crippen LogP contribution in [0.15, 0.2) is 45.7 Å². The summed E-state index contributed by atoms with van der Waals surface area (Å²) >= 11 is 0. The largest absolute Gasteiger partial charge is 0.465 e. The number of benzene rings is 1. The van der Waals surface area contributed by atoms with Crippen molar-refractivity contribution in [1.82, 2.24) is 4.72 Å². The topological polar surface area (TPSA) is 85.3 Å². The number of nitrogens with two attached hydrogens (primary N) is 1. The maximum Gasteiger partial charge on any atom is 0.241 e. The fourth-order valence-electron chi connectivity index (χ4n) is 1.76. The van der Waals surface area contributed by atoms with E-state index in [0.717, 1.165) is 5.76 Å². The summed E-state index contributed by atoms with van der Waals surface area (Å²) < 4.78 is 32.2. The van der Waals surface area contributed by atoms with Crippen molar-refractivity contribution in [2.45, 2.75) is 24.9 Å². The van der Waals surface area contributed by atoms with Crippen LogP contribution in [0, 0.1) is 6.92 Å². The molecule has 1 heterocycles. The monoisotopic (exact) mass is 280 g/mol. The van der Waals surface area contributed by atoms with Gasteiger partial charge in [0.15, 0.2) is 0 Å². The van der Waals surface area contributed by atoms with E-state index in [2.05, 4.69) is 4.72 Å². The number of sulfonamides is 1. The molecule has 1 aromatic heterocycles. The Kier molecular flexibility index (Phi) is 4.04. The summed E-state index contributed by atoms with van der Waals surface area (Å²) in [5.74, 6) is 1.32. The van der Waals surface area contributed by atoms with Crippen molar-refractivity contribution in [3.8, 4) is 0 Å². The molecule has 0 fully saturated rings. The molecule has 0 aliphatic heterocycles. The van der Waals surface area contributed by atoms with Gasteiger partial charge in [-0.15, -0.1) is 0 Å². The maximum absolute atomic E-state index is 12.2. The lowest BCUT2D eigenvalue weighted by Gasteiger charge is -2.09. The van der Waals surface area contributed by atoms with E-state index in [4.69, 9.17) is 10.2 Å². The SMILES string of the molecule is Cc1ccc(CNS(=O)(=O)c2ccccc2CN)o1. The number of furan rings is 1. The van der Waals surface area contributed by atoms with E-state index in [0.29, 0.717) is 11.3 Å². The Labute approximate surface area is 112 Å². The Hall–Kier alpha value is -1.63. The van der Waals surface area contributed by atoms with Gasteiger partial charge in [0, 0.05) is 6.54 Å². The summed E-state index contributed by atoms with van der Waals surface area (Å²) in [7, 11) is -3.58. The van der Waals surface area contributed by atoms with E-state index >= 15 is 0 Å². The molecule has 6 heteroatoms. The lowest BCUT2D eigenvalue weighted by molar-refractivity contribution is 0.475. The van der Waals surface area contributed by atoms with E-state index in [-0.39, 0.29) is 18.0 Å². The molecule has 0 saturated carbocycles. The second-order valence-electron chi connectivity index (χ2n) is 4.15. The minimum Gasteiger partial charge on any atom is -0.465 e. The molecule has 0 aliphatic carbocycles. The molecule has 102 valence electrons. The molecule has 0 aliphatic rings. The van der Waals surface area contributed by atoms with Crippen LogP contribution in [-0.2, 0) is 23.1 Å². The smallest absolute Gasteiger partial charge is 0.241 e. The highest BCUT2D eigenvalue weighted by molar-refractivity contribution is 7.89. The minimum absolute atomic E-state index is 0.120. The van der Waals surface area contributed by atoms with Gasteiger partial charge in [0.2, 0.25) is 10.0 Å². The lowest BCUT2D eigenvalue weighted by Crippen LogP contribution is -2.24. The van der Waals surface area contributed by atoms with Crippen molar-refractivity contribution >= 4 is 10.0 Å². The Morgan fingerprint density at radius 3 is 2.58 bits per heavy atom. The first-order valence-electron chi connectivity index (χ1n) is 5.86. The zero-order valence-electron chi connectivity index (χ0n) is 10.6. The Morgan fingerprint density at radius 2 is 1.95 bits per heavy atom. The van der Waals surface area contributed by atoms with Crippen LogP contribution in [0.4, 0.5) is 0 Å². The van der Waals surface area contributed by atoms with Gasteiger partial charge >= 0.3 is 0 Å². The van der Waals surface area contributed by atoms with Crippen molar-refractivity contribution in [2.75, 3.05) is 0 Å². The molecule has 2 rings (SSSR count). The molecule has 0 unspecified atom stereocenters. The summed E-state index contributed by atoms with van der Waals surface area (Å²) in [4.78, 5) is 0.209. The highest BCUT2D eigenvalue weighted by Crippen LogP contribution is 2.15. The molecule has 0 atom stereocenters. The molecule has 0 saturated heterocycles. The molecule has 19 heavy (non-hydrogen) atoms. The molecule has 0 spiro atoms. The highest BCUT2D eigenvalue weighted by Gasteiger charge is 2.17. The van der Waals surface area contributed by atoms with Gasteiger partial charge in [-0.3, -0.25) is 0 Å². The average molecular weight is 280 g/mol. The summed E-state index contributed by atoms with van der Waals surface area (Å²) in [6.45, 7) is 2.10. The fourth-order valence-corrected chi connectivity index (χ4v) is 3.00. The Morgan fingerprint density at radius 1 is 1.21 bits per heavy atom. The fraction of sp³-hybridized carbons (Fsp3) is 0.231. The second-order valence-corrected chi connectivity index (χ2v) is 5.88. The highest BCUT2D eigenvalue weighted by atomic mass is 32.2. The quantitative estimate of drug-likeness (QED) is 0.869. The third-order valence-corrected chi connectivity index (χ3v) is 4.22. The predicted octanol–water partition coefficient (Wildman–Crippen LogP) is 1.53. The van der Waals surface area contributed by atoms with E-state index in [1.807, 2.05) is 6.92 Å².